The Balaban J connectivity index is 2.23. The lowest BCUT2D eigenvalue weighted by atomic mass is 10.0. The maximum Gasteiger partial charge on any atom is 0.341 e. The van der Waals surface area contributed by atoms with Crippen LogP contribution in [0.5, 0.6) is 0 Å². The van der Waals surface area contributed by atoms with Crippen molar-refractivity contribution >= 4 is 11.9 Å². The van der Waals surface area contributed by atoms with Gasteiger partial charge in [0.1, 0.15) is 11.3 Å². The second-order valence-corrected chi connectivity index (χ2v) is 4.59. The molecule has 0 saturated carbocycles. The first kappa shape index (κ1) is 14.8. The molecule has 0 radical (unpaired) electrons. The minimum atomic E-state index is -0.623. The van der Waals surface area contributed by atoms with Crippen molar-refractivity contribution in [3.05, 3.63) is 59.5 Å². The summed E-state index contributed by atoms with van der Waals surface area (Å²) in [6, 6.07) is 8.14. The van der Waals surface area contributed by atoms with Gasteiger partial charge in [0.15, 0.2) is 0 Å². The van der Waals surface area contributed by atoms with Gasteiger partial charge in [-0.2, -0.15) is 0 Å². The molecule has 1 aromatic carbocycles. The number of carbonyl (C=O) groups is 2. The molecule has 0 unspecified atom stereocenters. The molecule has 110 valence electrons. The summed E-state index contributed by atoms with van der Waals surface area (Å²) >= 11 is 0. The summed E-state index contributed by atoms with van der Waals surface area (Å²) in [7, 11) is 0. The summed E-state index contributed by atoms with van der Waals surface area (Å²) in [5.41, 5.74) is 0.600. The van der Waals surface area contributed by atoms with Gasteiger partial charge in [-0.15, -0.1) is 0 Å². The van der Waals surface area contributed by atoms with Crippen LogP contribution in [0, 0.1) is 0 Å². The van der Waals surface area contributed by atoms with Crippen molar-refractivity contribution in [3.63, 3.8) is 0 Å². The fourth-order valence-electron chi connectivity index (χ4n) is 2.08. The van der Waals surface area contributed by atoms with E-state index in [-0.39, 0.29) is 23.8 Å². The fraction of sp³-hybridized carbons (Fsp3) is 0.250. The Kier molecular flexibility index (Phi) is 4.42. The minimum absolute atomic E-state index is 0.0847. The zero-order valence-electron chi connectivity index (χ0n) is 11.9. The van der Waals surface area contributed by atoms with Crippen molar-refractivity contribution < 1.29 is 19.4 Å². The number of rotatable bonds is 3. The predicted octanol–water partition coefficient (Wildman–Crippen LogP) is 2.42. The molecule has 0 fully saturated rings. The fourth-order valence-corrected chi connectivity index (χ4v) is 2.08. The van der Waals surface area contributed by atoms with E-state index in [1.807, 2.05) is 6.07 Å². The van der Waals surface area contributed by atoms with Crippen LogP contribution in [-0.4, -0.2) is 34.5 Å². The molecule has 21 heavy (non-hydrogen) atoms. The number of esters is 1. The van der Waals surface area contributed by atoms with Gasteiger partial charge in [0.25, 0.3) is 5.91 Å². The molecule has 2 rings (SSSR count). The summed E-state index contributed by atoms with van der Waals surface area (Å²) in [5, 5.41) is 10.1. The van der Waals surface area contributed by atoms with Gasteiger partial charge in [0.2, 0.25) is 0 Å². The predicted molar refractivity (Wildman–Crippen MR) is 77.5 cm³/mol. The highest BCUT2D eigenvalue weighted by Crippen LogP contribution is 2.22. The van der Waals surface area contributed by atoms with Crippen molar-refractivity contribution in [3.8, 4) is 0 Å². The molecule has 5 nitrogen and oxygen atoms in total. The Bertz CT molecular complexity index is 604. The molecule has 5 heteroatoms. The van der Waals surface area contributed by atoms with E-state index in [1.165, 1.54) is 17.2 Å². The van der Waals surface area contributed by atoms with Crippen LogP contribution < -0.4 is 0 Å². The molecule has 1 aliphatic heterocycles. The van der Waals surface area contributed by atoms with Crippen LogP contribution in [0.25, 0.3) is 0 Å². The first-order valence-electron chi connectivity index (χ1n) is 6.72. The SMILES string of the molecule is CCOC(=O)C1=C(O)[C@H](C)N(C(=O)c2ccccc2)C=C1. The standard InChI is InChI=1S/C16H17NO4/c1-3-21-16(20)13-9-10-17(11(2)14(13)18)15(19)12-7-5-4-6-8-12/h4-11,18H,3H2,1-2H3/t11-/m0/s1. The Morgan fingerprint density at radius 2 is 1.95 bits per heavy atom. The monoisotopic (exact) mass is 287 g/mol. The van der Waals surface area contributed by atoms with E-state index in [0.29, 0.717) is 5.56 Å². The molecule has 0 saturated heterocycles. The third-order valence-corrected chi connectivity index (χ3v) is 3.24. The van der Waals surface area contributed by atoms with Crippen molar-refractivity contribution in [2.45, 2.75) is 19.9 Å². The average molecular weight is 287 g/mol. The van der Waals surface area contributed by atoms with Crippen molar-refractivity contribution in [1.82, 2.24) is 4.90 Å². The highest BCUT2D eigenvalue weighted by atomic mass is 16.5. The summed E-state index contributed by atoms with van der Waals surface area (Å²) in [6.07, 6.45) is 2.89. The molecule has 1 atom stereocenters. The maximum absolute atomic E-state index is 12.4. The van der Waals surface area contributed by atoms with Gasteiger partial charge in [0.05, 0.1) is 12.6 Å². The highest BCUT2D eigenvalue weighted by Gasteiger charge is 2.29. The second-order valence-electron chi connectivity index (χ2n) is 4.59. The van der Waals surface area contributed by atoms with E-state index in [2.05, 4.69) is 0 Å². The molecule has 1 heterocycles. The van der Waals surface area contributed by atoms with Crippen LogP contribution in [0.3, 0.4) is 0 Å². The van der Waals surface area contributed by atoms with Crippen molar-refractivity contribution in [2.24, 2.45) is 0 Å². The van der Waals surface area contributed by atoms with Crippen LogP contribution in [0.15, 0.2) is 53.9 Å². The highest BCUT2D eigenvalue weighted by molar-refractivity contribution is 5.97. The summed E-state index contributed by atoms with van der Waals surface area (Å²) in [5.74, 6) is -1.00. The van der Waals surface area contributed by atoms with E-state index in [9.17, 15) is 14.7 Å². The first-order chi connectivity index (χ1) is 10.1. The van der Waals surface area contributed by atoms with Crippen LogP contribution in [0.4, 0.5) is 0 Å². The van der Waals surface area contributed by atoms with Crippen LogP contribution in [-0.2, 0) is 9.53 Å². The molecule has 0 aliphatic carbocycles. The molecular weight excluding hydrogens is 270 g/mol. The summed E-state index contributed by atoms with van der Waals surface area (Å²) in [4.78, 5) is 25.5. The number of benzene rings is 1. The van der Waals surface area contributed by atoms with Crippen LogP contribution in [0.2, 0.25) is 0 Å². The van der Waals surface area contributed by atoms with E-state index in [4.69, 9.17) is 4.74 Å². The lowest BCUT2D eigenvalue weighted by Crippen LogP contribution is -2.38. The number of hydrogen-bond donors (Lipinski definition) is 1. The summed E-state index contributed by atoms with van der Waals surface area (Å²) in [6.45, 7) is 3.57. The molecule has 1 N–H and O–H groups in total. The number of ether oxygens (including phenoxy) is 1. The van der Waals surface area contributed by atoms with Gasteiger partial charge >= 0.3 is 5.97 Å². The zero-order valence-corrected chi connectivity index (χ0v) is 11.9. The van der Waals surface area contributed by atoms with E-state index >= 15 is 0 Å². The van der Waals surface area contributed by atoms with Gasteiger partial charge in [-0.25, -0.2) is 4.79 Å². The van der Waals surface area contributed by atoms with Gasteiger partial charge in [-0.3, -0.25) is 4.79 Å². The lowest BCUT2D eigenvalue weighted by Gasteiger charge is -2.29. The Morgan fingerprint density at radius 3 is 2.57 bits per heavy atom. The number of aliphatic hydroxyl groups is 1. The molecule has 1 aliphatic rings. The lowest BCUT2D eigenvalue weighted by molar-refractivity contribution is -0.138. The van der Waals surface area contributed by atoms with Crippen LogP contribution in [0.1, 0.15) is 24.2 Å². The molecule has 1 amide bonds. The van der Waals surface area contributed by atoms with Gasteiger partial charge < -0.3 is 14.7 Å². The maximum atomic E-state index is 12.4. The summed E-state index contributed by atoms with van der Waals surface area (Å²) < 4.78 is 4.87. The Hall–Kier alpha value is -2.56. The van der Waals surface area contributed by atoms with Crippen molar-refractivity contribution in [2.75, 3.05) is 6.61 Å². The molecule has 0 bridgehead atoms. The van der Waals surface area contributed by atoms with Crippen LogP contribution >= 0.6 is 0 Å². The van der Waals surface area contributed by atoms with E-state index < -0.39 is 12.0 Å². The second kappa shape index (κ2) is 6.26. The van der Waals surface area contributed by atoms with Gasteiger partial charge in [-0.1, -0.05) is 18.2 Å². The minimum Gasteiger partial charge on any atom is -0.509 e. The zero-order chi connectivity index (χ0) is 15.4. The van der Waals surface area contributed by atoms with E-state index in [0.717, 1.165) is 0 Å². The number of hydrogen-bond acceptors (Lipinski definition) is 4. The topological polar surface area (TPSA) is 66.8 Å². The molecule has 1 aromatic rings. The van der Waals surface area contributed by atoms with Crippen molar-refractivity contribution in [1.29, 1.82) is 0 Å². The number of carbonyl (C=O) groups excluding carboxylic acids is 2. The van der Waals surface area contributed by atoms with E-state index in [1.54, 1.807) is 38.1 Å². The Labute approximate surface area is 123 Å². The number of nitrogens with zero attached hydrogens (tertiary/aromatic N) is 1. The van der Waals surface area contributed by atoms with Gasteiger partial charge in [-0.05, 0) is 32.1 Å². The Morgan fingerprint density at radius 1 is 1.29 bits per heavy atom. The number of amides is 1. The normalized spacial score (nSPS) is 17.8. The largest absolute Gasteiger partial charge is 0.509 e. The molecule has 0 aromatic heterocycles. The third-order valence-electron chi connectivity index (χ3n) is 3.24. The average Bonchev–Trinajstić information content (AvgIpc) is 2.50. The molecule has 0 spiro atoms. The number of aliphatic hydroxyl groups excluding tert-OH is 1. The molecular formula is C16H17NO4. The van der Waals surface area contributed by atoms with Gasteiger partial charge in [0, 0.05) is 11.8 Å². The third kappa shape index (κ3) is 2.97. The first-order valence-corrected chi connectivity index (χ1v) is 6.72. The smallest absolute Gasteiger partial charge is 0.341 e. The quantitative estimate of drug-likeness (QED) is 0.867.